The molecule has 2 heterocycles. The first-order chi connectivity index (χ1) is 8.92. The van der Waals surface area contributed by atoms with E-state index < -0.39 is 10.0 Å². The molecule has 0 saturated carbocycles. The van der Waals surface area contributed by atoms with Crippen LogP contribution in [0.5, 0.6) is 0 Å². The minimum atomic E-state index is -3.58. The summed E-state index contributed by atoms with van der Waals surface area (Å²) in [5, 5.41) is 3.35. The summed E-state index contributed by atoms with van der Waals surface area (Å²) in [7, 11) is -1.78. The third-order valence-electron chi connectivity index (χ3n) is 2.64. The van der Waals surface area contributed by atoms with Crippen LogP contribution in [0.2, 0.25) is 0 Å². The average Bonchev–Trinajstić information content (AvgIpc) is 2.88. The third kappa shape index (κ3) is 3.14. The Morgan fingerprint density at radius 1 is 1.42 bits per heavy atom. The van der Waals surface area contributed by atoms with Crippen LogP contribution in [0.3, 0.4) is 0 Å². The van der Waals surface area contributed by atoms with Crippen LogP contribution < -0.4 is 10.0 Å². The van der Waals surface area contributed by atoms with Crippen LogP contribution in [0.15, 0.2) is 17.2 Å². The van der Waals surface area contributed by atoms with Gasteiger partial charge in [0.2, 0.25) is 0 Å². The molecule has 0 spiro atoms. The van der Waals surface area contributed by atoms with Gasteiger partial charge in [-0.15, -0.1) is 11.3 Å². The molecule has 0 saturated heterocycles. The van der Waals surface area contributed by atoms with E-state index in [4.69, 9.17) is 0 Å². The Hall–Kier alpha value is -1.38. The number of aryl methyl sites for hydroxylation is 2. The van der Waals surface area contributed by atoms with Gasteiger partial charge in [0.1, 0.15) is 4.90 Å². The first-order valence-corrected chi connectivity index (χ1v) is 8.01. The van der Waals surface area contributed by atoms with Gasteiger partial charge in [-0.25, -0.2) is 13.4 Å². The van der Waals surface area contributed by atoms with Gasteiger partial charge >= 0.3 is 0 Å². The number of nitrogens with zero attached hydrogens (tertiary/aromatic N) is 1. The molecule has 0 aliphatic heterocycles. The van der Waals surface area contributed by atoms with Crippen molar-refractivity contribution in [2.75, 3.05) is 11.8 Å². The first-order valence-electron chi connectivity index (χ1n) is 5.71. The van der Waals surface area contributed by atoms with E-state index in [1.54, 1.807) is 13.1 Å². The van der Waals surface area contributed by atoms with Gasteiger partial charge in [-0.2, -0.15) is 0 Å². The van der Waals surface area contributed by atoms with Crippen molar-refractivity contribution in [3.63, 3.8) is 0 Å². The van der Waals surface area contributed by atoms with Crippen molar-refractivity contribution in [3.05, 3.63) is 28.5 Å². The molecule has 8 heteroatoms. The van der Waals surface area contributed by atoms with E-state index >= 15 is 0 Å². The van der Waals surface area contributed by atoms with Crippen molar-refractivity contribution >= 4 is 26.5 Å². The maximum absolute atomic E-state index is 12.2. The highest BCUT2D eigenvalue weighted by Crippen LogP contribution is 2.24. The number of hydrogen-bond donors (Lipinski definition) is 3. The number of hydrogen-bond acceptors (Lipinski definition) is 5. The molecule has 3 N–H and O–H groups in total. The van der Waals surface area contributed by atoms with Crippen molar-refractivity contribution in [2.45, 2.75) is 25.3 Å². The fraction of sp³-hybridized carbons (Fsp3) is 0.364. The second kappa shape index (κ2) is 5.32. The highest BCUT2D eigenvalue weighted by atomic mass is 32.2. The van der Waals surface area contributed by atoms with Crippen molar-refractivity contribution in [2.24, 2.45) is 0 Å². The Kier molecular flexibility index (Phi) is 3.93. The van der Waals surface area contributed by atoms with E-state index in [9.17, 15) is 8.42 Å². The second-order valence-electron chi connectivity index (χ2n) is 4.16. The van der Waals surface area contributed by atoms with Crippen molar-refractivity contribution < 1.29 is 8.42 Å². The van der Waals surface area contributed by atoms with Crippen LogP contribution in [-0.4, -0.2) is 25.4 Å². The van der Waals surface area contributed by atoms with Crippen molar-refractivity contribution in [3.8, 4) is 0 Å². The lowest BCUT2D eigenvalue weighted by Gasteiger charge is -2.01. The molecule has 6 nitrogen and oxygen atoms in total. The minimum absolute atomic E-state index is 0.211. The second-order valence-corrected chi connectivity index (χ2v) is 7.04. The molecule has 0 aliphatic rings. The number of nitrogens with one attached hydrogen (secondary N) is 3. The summed E-state index contributed by atoms with van der Waals surface area (Å²) in [6.45, 7) is 4.35. The lowest BCUT2D eigenvalue weighted by Crippen LogP contribution is -2.12. The summed E-state index contributed by atoms with van der Waals surface area (Å²) in [6, 6.07) is 1.60. The molecule has 0 atom stereocenters. The maximum Gasteiger partial charge on any atom is 0.265 e. The lowest BCUT2D eigenvalue weighted by atomic mass is 10.4. The van der Waals surface area contributed by atoms with Crippen LogP contribution in [0.1, 0.15) is 16.3 Å². The van der Waals surface area contributed by atoms with Crippen molar-refractivity contribution in [1.29, 1.82) is 0 Å². The van der Waals surface area contributed by atoms with E-state index in [-0.39, 0.29) is 4.90 Å². The number of aromatic amines is 1. The van der Waals surface area contributed by atoms with Gasteiger partial charge in [0.25, 0.3) is 10.0 Å². The van der Waals surface area contributed by atoms with E-state index in [2.05, 4.69) is 20.0 Å². The maximum atomic E-state index is 12.2. The normalized spacial score (nSPS) is 11.7. The summed E-state index contributed by atoms with van der Waals surface area (Å²) < 4.78 is 26.8. The van der Waals surface area contributed by atoms with E-state index in [1.165, 1.54) is 17.5 Å². The molecular formula is C11H16N4O2S2. The third-order valence-corrected chi connectivity index (χ3v) is 5.08. The Morgan fingerprint density at radius 3 is 2.74 bits per heavy atom. The smallest absolute Gasteiger partial charge is 0.265 e. The molecule has 19 heavy (non-hydrogen) atoms. The van der Waals surface area contributed by atoms with Gasteiger partial charge in [0.15, 0.2) is 5.13 Å². The zero-order valence-electron chi connectivity index (χ0n) is 10.9. The predicted octanol–water partition coefficient (Wildman–Crippen LogP) is 1.61. The topological polar surface area (TPSA) is 86.9 Å². The molecule has 2 rings (SSSR count). The van der Waals surface area contributed by atoms with Gasteiger partial charge in [-0.05, 0) is 27.0 Å². The SMILES string of the molecule is CNCc1cc(S(=O)(=O)Nc2nc(C)c(C)s2)c[nH]1. The molecule has 0 bridgehead atoms. The molecule has 2 aromatic rings. The Morgan fingerprint density at radius 2 is 2.16 bits per heavy atom. The number of H-pyrrole nitrogens is 1. The Bertz CT molecular complexity index is 653. The van der Waals surface area contributed by atoms with Gasteiger partial charge in [-0.3, -0.25) is 4.72 Å². The first kappa shape index (κ1) is 14.0. The van der Waals surface area contributed by atoms with Crippen LogP contribution in [0.25, 0.3) is 0 Å². The number of sulfonamides is 1. The van der Waals surface area contributed by atoms with Crippen LogP contribution in [-0.2, 0) is 16.6 Å². The molecule has 104 valence electrons. The fourth-order valence-electron chi connectivity index (χ4n) is 1.56. The zero-order valence-corrected chi connectivity index (χ0v) is 12.6. The summed E-state index contributed by atoms with van der Waals surface area (Å²) >= 11 is 1.33. The molecular weight excluding hydrogens is 284 g/mol. The molecule has 0 radical (unpaired) electrons. The van der Waals surface area contributed by atoms with Crippen molar-refractivity contribution in [1.82, 2.24) is 15.3 Å². The Labute approximate surface area is 116 Å². The summed E-state index contributed by atoms with van der Waals surface area (Å²) in [5.74, 6) is 0. The van der Waals surface area contributed by atoms with Crippen LogP contribution in [0.4, 0.5) is 5.13 Å². The quantitative estimate of drug-likeness (QED) is 0.783. The fourth-order valence-corrected chi connectivity index (χ4v) is 3.62. The summed E-state index contributed by atoms with van der Waals surface area (Å²) in [4.78, 5) is 8.30. The highest BCUT2D eigenvalue weighted by Gasteiger charge is 2.18. The summed E-state index contributed by atoms with van der Waals surface area (Å²) in [6.07, 6.45) is 1.47. The predicted molar refractivity (Wildman–Crippen MR) is 76.0 cm³/mol. The zero-order chi connectivity index (χ0) is 14.0. The molecule has 0 unspecified atom stereocenters. The number of aromatic nitrogens is 2. The number of anilines is 1. The van der Waals surface area contributed by atoms with Gasteiger partial charge in [0, 0.05) is 23.3 Å². The minimum Gasteiger partial charge on any atom is -0.363 e. The van der Waals surface area contributed by atoms with Crippen LogP contribution >= 0.6 is 11.3 Å². The number of rotatable bonds is 5. The lowest BCUT2D eigenvalue weighted by molar-refractivity contribution is 0.601. The highest BCUT2D eigenvalue weighted by molar-refractivity contribution is 7.93. The molecule has 2 aromatic heterocycles. The van der Waals surface area contributed by atoms with Gasteiger partial charge in [0.05, 0.1) is 5.69 Å². The van der Waals surface area contributed by atoms with E-state index in [0.29, 0.717) is 11.7 Å². The van der Waals surface area contributed by atoms with Gasteiger partial charge in [-0.1, -0.05) is 0 Å². The molecule has 0 aliphatic carbocycles. The standard InChI is InChI=1S/C11H16N4O2S2/c1-7-8(2)18-11(14-7)15-19(16,17)10-4-9(5-12-3)13-6-10/h4,6,12-13H,5H2,1-3H3,(H,14,15). The van der Waals surface area contributed by atoms with E-state index in [1.807, 2.05) is 13.8 Å². The monoisotopic (exact) mass is 300 g/mol. The molecule has 0 aromatic carbocycles. The van der Waals surface area contributed by atoms with Crippen LogP contribution in [0, 0.1) is 13.8 Å². The van der Waals surface area contributed by atoms with Gasteiger partial charge < -0.3 is 10.3 Å². The van der Waals surface area contributed by atoms with E-state index in [0.717, 1.165) is 16.3 Å². The summed E-state index contributed by atoms with van der Waals surface area (Å²) in [5.41, 5.74) is 1.65. The molecule has 0 amide bonds. The average molecular weight is 300 g/mol. The molecule has 0 fully saturated rings. The largest absolute Gasteiger partial charge is 0.363 e. The Balaban J connectivity index is 2.21. The number of thiazole rings is 1.